The molecule has 1 unspecified atom stereocenters. The van der Waals surface area contributed by atoms with Crippen molar-refractivity contribution in [2.45, 2.75) is 26.9 Å². The van der Waals surface area contributed by atoms with Gasteiger partial charge in [-0.3, -0.25) is 4.79 Å². The van der Waals surface area contributed by atoms with Crippen molar-refractivity contribution in [1.82, 2.24) is 0 Å². The number of aliphatic hydroxyl groups is 1. The molecule has 0 heterocycles. The number of benzene rings is 1. The van der Waals surface area contributed by atoms with E-state index in [1.54, 1.807) is 6.92 Å². The molecule has 0 saturated carbocycles. The van der Waals surface area contributed by atoms with Crippen LogP contribution >= 0.6 is 0 Å². The minimum Gasteiger partial charge on any atom is -0.389 e. The van der Waals surface area contributed by atoms with Crippen LogP contribution in [0.4, 0.5) is 0 Å². The Hall–Kier alpha value is -1.41. The van der Waals surface area contributed by atoms with Gasteiger partial charge in [-0.05, 0) is 38.0 Å². The second-order valence-electron chi connectivity index (χ2n) is 3.75. The van der Waals surface area contributed by atoms with E-state index in [1.165, 1.54) is 13.0 Å². The number of rotatable bonds is 3. The number of carbonyl (C=O) groups excluding carboxylic acids is 1. The number of carbonyl (C=O) groups is 1. The molecule has 1 aromatic rings. The van der Waals surface area contributed by atoms with Crippen LogP contribution in [-0.4, -0.2) is 17.0 Å². The highest BCUT2D eigenvalue weighted by Crippen LogP contribution is 2.18. The normalized spacial score (nSPS) is 13.7. The molecule has 0 spiro atoms. The van der Waals surface area contributed by atoms with Crippen LogP contribution in [0.25, 0.3) is 5.57 Å². The van der Waals surface area contributed by atoms with Crippen LogP contribution in [0, 0.1) is 6.92 Å². The first-order chi connectivity index (χ1) is 7.00. The molecule has 1 N–H and O–H groups in total. The molecule has 0 aromatic heterocycles. The molecule has 0 saturated heterocycles. The average Bonchev–Trinajstić information content (AvgIpc) is 2.15. The van der Waals surface area contributed by atoms with E-state index in [2.05, 4.69) is 0 Å². The van der Waals surface area contributed by atoms with Gasteiger partial charge < -0.3 is 5.11 Å². The Bertz CT molecular complexity index is 372. The van der Waals surface area contributed by atoms with Gasteiger partial charge in [-0.15, -0.1) is 0 Å². The van der Waals surface area contributed by atoms with Crippen molar-refractivity contribution >= 4 is 11.4 Å². The molecule has 1 atom stereocenters. The van der Waals surface area contributed by atoms with Gasteiger partial charge in [0.15, 0.2) is 5.78 Å². The third-order valence-corrected chi connectivity index (χ3v) is 2.19. The third-order valence-electron chi connectivity index (χ3n) is 2.19. The molecule has 1 rings (SSSR count). The van der Waals surface area contributed by atoms with Crippen LogP contribution in [0.5, 0.6) is 0 Å². The van der Waals surface area contributed by atoms with Gasteiger partial charge in [-0.1, -0.05) is 29.8 Å². The van der Waals surface area contributed by atoms with Gasteiger partial charge in [0.05, 0.1) is 6.10 Å². The van der Waals surface area contributed by atoms with E-state index in [1.807, 2.05) is 31.2 Å². The first-order valence-electron chi connectivity index (χ1n) is 4.98. The molecule has 0 bridgehead atoms. The van der Waals surface area contributed by atoms with E-state index in [0.717, 1.165) is 11.1 Å². The Morgan fingerprint density at radius 2 is 1.87 bits per heavy atom. The third kappa shape index (κ3) is 3.33. The summed E-state index contributed by atoms with van der Waals surface area (Å²) in [5.41, 5.74) is 2.72. The fraction of sp³-hybridized carbons (Fsp3) is 0.308. The molecule has 0 aliphatic rings. The zero-order chi connectivity index (χ0) is 11.4. The summed E-state index contributed by atoms with van der Waals surface area (Å²) in [4.78, 5) is 11.0. The lowest BCUT2D eigenvalue weighted by atomic mass is 9.99. The molecule has 0 amide bonds. The maximum Gasteiger partial charge on any atom is 0.153 e. The van der Waals surface area contributed by atoms with Crippen molar-refractivity contribution in [1.29, 1.82) is 0 Å². The van der Waals surface area contributed by atoms with Gasteiger partial charge >= 0.3 is 0 Å². The van der Waals surface area contributed by atoms with Crippen molar-refractivity contribution < 1.29 is 9.90 Å². The summed E-state index contributed by atoms with van der Waals surface area (Å²) in [5.74, 6) is -0.0496. The maximum atomic E-state index is 11.0. The lowest BCUT2D eigenvalue weighted by Gasteiger charge is -2.10. The Kier molecular flexibility index (Phi) is 3.81. The zero-order valence-electron chi connectivity index (χ0n) is 9.32. The average molecular weight is 204 g/mol. The van der Waals surface area contributed by atoms with Crippen LogP contribution in [0.1, 0.15) is 25.0 Å². The highest BCUT2D eigenvalue weighted by Gasteiger charge is 2.08. The van der Waals surface area contributed by atoms with E-state index in [0.29, 0.717) is 5.57 Å². The van der Waals surface area contributed by atoms with Gasteiger partial charge in [0.2, 0.25) is 0 Å². The number of aryl methyl sites for hydroxylation is 1. The van der Waals surface area contributed by atoms with Gasteiger partial charge in [0, 0.05) is 0 Å². The van der Waals surface area contributed by atoms with Crippen molar-refractivity contribution in [2.24, 2.45) is 0 Å². The predicted molar refractivity (Wildman–Crippen MR) is 61.5 cm³/mol. The molecular weight excluding hydrogens is 188 g/mol. The summed E-state index contributed by atoms with van der Waals surface area (Å²) < 4.78 is 0. The standard InChI is InChI=1S/C13H16O2/c1-9-4-6-12(7-5-9)13(11(3)15)8-10(2)14/h4-8,11,15H,1-3H3/b13-8+. The minimum absolute atomic E-state index is 0.0496. The highest BCUT2D eigenvalue weighted by atomic mass is 16.3. The molecule has 2 nitrogen and oxygen atoms in total. The van der Waals surface area contributed by atoms with Crippen molar-refractivity contribution in [3.63, 3.8) is 0 Å². The molecule has 0 radical (unpaired) electrons. The molecule has 0 aliphatic carbocycles. The molecule has 0 aliphatic heterocycles. The van der Waals surface area contributed by atoms with E-state index in [9.17, 15) is 9.90 Å². The zero-order valence-corrected chi connectivity index (χ0v) is 9.32. The Morgan fingerprint density at radius 1 is 1.33 bits per heavy atom. The summed E-state index contributed by atoms with van der Waals surface area (Å²) in [5, 5.41) is 9.56. The Balaban J connectivity index is 3.10. The topological polar surface area (TPSA) is 37.3 Å². The fourth-order valence-electron chi connectivity index (χ4n) is 1.41. The largest absolute Gasteiger partial charge is 0.389 e. The minimum atomic E-state index is -0.628. The summed E-state index contributed by atoms with van der Waals surface area (Å²) in [7, 11) is 0. The van der Waals surface area contributed by atoms with E-state index in [4.69, 9.17) is 0 Å². The van der Waals surface area contributed by atoms with Gasteiger partial charge in [-0.2, -0.15) is 0 Å². The van der Waals surface area contributed by atoms with E-state index in [-0.39, 0.29) is 5.78 Å². The van der Waals surface area contributed by atoms with Crippen molar-refractivity contribution in [3.8, 4) is 0 Å². The lowest BCUT2D eigenvalue weighted by Crippen LogP contribution is -2.05. The van der Waals surface area contributed by atoms with Crippen LogP contribution in [0.3, 0.4) is 0 Å². The monoisotopic (exact) mass is 204 g/mol. The quantitative estimate of drug-likeness (QED) is 0.767. The van der Waals surface area contributed by atoms with Crippen LogP contribution in [0.15, 0.2) is 30.3 Å². The van der Waals surface area contributed by atoms with Crippen LogP contribution in [-0.2, 0) is 4.79 Å². The summed E-state index contributed by atoms with van der Waals surface area (Å²) in [6.07, 6.45) is 0.853. The second kappa shape index (κ2) is 4.89. The number of hydrogen-bond donors (Lipinski definition) is 1. The number of allylic oxidation sites excluding steroid dienone is 1. The molecular formula is C13H16O2. The van der Waals surface area contributed by atoms with E-state index >= 15 is 0 Å². The summed E-state index contributed by atoms with van der Waals surface area (Å²) >= 11 is 0. The second-order valence-corrected chi connectivity index (χ2v) is 3.75. The van der Waals surface area contributed by atoms with Gasteiger partial charge in [0.25, 0.3) is 0 Å². The Labute approximate surface area is 90.3 Å². The molecule has 1 aromatic carbocycles. The molecule has 80 valence electrons. The van der Waals surface area contributed by atoms with Crippen molar-refractivity contribution in [3.05, 3.63) is 41.5 Å². The lowest BCUT2D eigenvalue weighted by molar-refractivity contribution is -0.112. The van der Waals surface area contributed by atoms with Gasteiger partial charge in [-0.25, -0.2) is 0 Å². The maximum absolute atomic E-state index is 11.0. The smallest absolute Gasteiger partial charge is 0.153 e. The number of hydrogen-bond acceptors (Lipinski definition) is 2. The number of ketones is 1. The number of aliphatic hydroxyl groups excluding tert-OH is 1. The fourth-order valence-corrected chi connectivity index (χ4v) is 1.41. The summed E-state index contributed by atoms with van der Waals surface area (Å²) in [6.45, 7) is 5.14. The van der Waals surface area contributed by atoms with Crippen LogP contribution < -0.4 is 0 Å². The van der Waals surface area contributed by atoms with E-state index < -0.39 is 6.10 Å². The van der Waals surface area contributed by atoms with Gasteiger partial charge in [0.1, 0.15) is 0 Å². The van der Waals surface area contributed by atoms with Crippen molar-refractivity contribution in [2.75, 3.05) is 0 Å². The summed E-state index contributed by atoms with van der Waals surface area (Å²) in [6, 6.07) is 7.75. The first kappa shape index (κ1) is 11.7. The predicted octanol–water partition coefficient (Wildman–Crippen LogP) is 2.35. The first-order valence-corrected chi connectivity index (χ1v) is 4.98. The molecule has 15 heavy (non-hydrogen) atoms. The van der Waals surface area contributed by atoms with Crippen LogP contribution in [0.2, 0.25) is 0 Å². The molecule has 0 fully saturated rings. The molecule has 2 heteroatoms. The SMILES string of the molecule is CC(=O)/C=C(/c1ccc(C)cc1)C(C)O. The Morgan fingerprint density at radius 3 is 2.27 bits per heavy atom. The highest BCUT2D eigenvalue weighted by molar-refractivity contribution is 5.95.